The number of carbonyl (C=O) groups excluding carboxylic acids is 1. The number of aliphatic hydroxyl groups is 1. The van der Waals surface area contributed by atoms with E-state index in [-0.39, 0.29) is 29.6 Å². The van der Waals surface area contributed by atoms with Crippen LogP contribution in [0.1, 0.15) is 42.7 Å². The third-order valence-corrected chi connectivity index (χ3v) is 11.2. The summed E-state index contributed by atoms with van der Waals surface area (Å²) in [4.78, 5) is 30.8. The van der Waals surface area contributed by atoms with E-state index in [1.165, 1.54) is 6.08 Å². The van der Waals surface area contributed by atoms with Crippen molar-refractivity contribution in [2.24, 2.45) is 5.41 Å². The van der Waals surface area contributed by atoms with Crippen LogP contribution in [-0.2, 0) is 4.79 Å². The minimum Gasteiger partial charge on any atom is -0.481 e. The van der Waals surface area contributed by atoms with Crippen molar-refractivity contribution in [3.8, 4) is 16.9 Å². The number of likely N-dealkylation sites (tertiary alicyclic amines) is 1. The average molecular weight is 705 g/mol. The summed E-state index contributed by atoms with van der Waals surface area (Å²) < 4.78 is 48.1. The molecule has 3 saturated heterocycles. The zero-order chi connectivity index (χ0) is 35.5. The number of alkyl halides is 3. The number of hydrogen-bond donors (Lipinski definition) is 2. The van der Waals surface area contributed by atoms with Gasteiger partial charge in [0, 0.05) is 80.7 Å². The smallest absolute Gasteiger partial charge is 0.422 e. The monoisotopic (exact) mass is 704 g/mol. The molecule has 0 bridgehead atoms. The van der Waals surface area contributed by atoms with Gasteiger partial charge < -0.3 is 24.5 Å². The first-order chi connectivity index (χ1) is 24.6. The number of anilines is 2. The van der Waals surface area contributed by atoms with Crippen LogP contribution >= 0.6 is 0 Å². The molecule has 14 heteroatoms. The van der Waals surface area contributed by atoms with E-state index >= 15 is 0 Å². The van der Waals surface area contributed by atoms with Gasteiger partial charge in [0.05, 0.1) is 18.3 Å². The van der Waals surface area contributed by atoms with Crippen LogP contribution in [0.5, 0.6) is 5.75 Å². The van der Waals surface area contributed by atoms with E-state index in [0.29, 0.717) is 87.1 Å². The average Bonchev–Trinajstić information content (AvgIpc) is 3.85. The van der Waals surface area contributed by atoms with Crippen LogP contribution in [0.2, 0.25) is 0 Å². The van der Waals surface area contributed by atoms with Crippen LogP contribution in [-0.4, -0.2) is 119 Å². The number of piperidine rings is 1. The number of aryl methyl sites for hydroxylation is 1. The summed E-state index contributed by atoms with van der Waals surface area (Å²) in [6, 6.07) is 6.00. The van der Waals surface area contributed by atoms with Gasteiger partial charge in [-0.05, 0) is 73.4 Å². The molecule has 1 saturated carbocycles. The maximum absolute atomic E-state index is 14.0. The van der Waals surface area contributed by atoms with Crippen molar-refractivity contribution in [2.75, 3.05) is 81.9 Å². The Kier molecular flexibility index (Phi) is 8.56. The van der Waals surface area contributed by atoms with Crippen molar-refractivity contribution in [3.63, 3.8) is 0 Å². The molecule has 1 amide bonds. The number of halogens is 3. The summed E-state index contributed by atoms with van der Waals surface area (Å²) >= 11 is 0. The van der Waals surface area contributed by atoms with E-state index < -0.39 is 12.8 Å². The number of aliphatic hydroxyl groups excluding tert-OH is 1. The first-order valence-electron chi connectivity index (χ1n) is 17.8. The van der Waals surface area contributed by atoms with Crippen molar-refractivity contribution in [2.45, 2.75) is 44.7 Å². The number of carbonyl (C=O) groups is 1. The summed E-state index contributed by atoms with van der Waals surface area (Å²) in [5, 5.41) is 18.3. The lowest BCUT2D eigenvalue weighted by molar-refractivity contribution is -0.153. The highest BCUT2D eigenvalue weighted by Gasteiger charge is 2.46. The van der Waals surface area contributed by atoms with E-state index in [2.05, 4.69) is 37.5 Å². The predicted molar refractivity (Wildman–Crippen MR) is 189 cm³/mol. The van der Waals surface area contributed by atoms with Gasteiger partial charge >= 0.3 is 6.18 Å². The number of β-amino-alcohol motifs (C(OH)–C–C–N with tert-alkyl or cyclic N) is 1. The number of benzene rings is 2. The number of ether oxygens (including phenoxy) is 1. The topological polar surface area (TPSA) is 114 Å². The number of hydrogen-bond acceptors (Lipinski definition) is 9. The minimum absolute atomic E-state index is 0.0397. The van der Waals surface area contributed by atoms with Gasteiger partial charge in [0.15, 0.2) is 12.4 Å². The molecule has 1 aliphatic carbocycles. The van der Waals surface area contributed by atoms with Crippen LogP contribution in [0.25, 0.3) is 32.9 Å². The first-order valence-corrected chi connectivity index (χ1v) is 17.8. The van der Waals surface area contributed by atoms with E-state index in [0.717, 1.165) is 53.3 Å². The summed E-state index contributed by atoms with van der Waals surface area (Å²) in [5.41, 5.74) is 4.47. The Balaban J connectivity index is 1.29. The molecule has 4 aromatic rings. The third-order valence-electron chi connectivity index (χ3n) is 11.2. The van der Waals surface area contributed by atoms with Gasteiger partial charge in [-0.1, -0.05) is 12.6 Å². The zero-order valence-electron chi connectivity index (χ0n) is 28.8. The molecule has 4 aliphatic rings. The minimum atomic E-state index is -4.57. The number of H-pyrrole nitrogens is 1. The van der Waals surface area contributed by atoms with Crippen molar-refractivity contribution >= 4 is 39.5 Å². The van der Waals surface area contributed by atoms with Gasteiger partial charge in [-0.2, -0.15) is 23.3 Å². The van der Waals surface area contributed by atoms with Crippen molar-refractivity contribution in [1.82, 2.24) is 30.0 Å². The van der Waals surface area contributed by atoms with Crippen molar-refractivity contribution in [1.29, 1.82) is 0 Å². The molecule has 2 aromatic heterocycles. The van der Waals surface area contributed by atoms with E-state index in [1.54, 1.807) is 6.20 Å². The van der Waals surface area contributed by atoms with E-state index in [9.17, 15) is 23.1 Å². The zero-order valence-corrected chi connectivity index (χ0v) is 28.8. The SMILES string of the molecule is C=CC(=O)N1CC2(CCN(c3nc(N4CCN(CCO)CC4)nc4c(OCC(F)(F)F)c(-c5c(C)ccc6[nH]ncc56)c(C5CC5)cc34)CC2)C1. The summed E-state index contributed by atoms with van der Waals surface area (Å²) in [5.74, 6) is 1.39. The number of aromatic amines is 1. The molecule has 5 heterocycles. The normalized spacial score (nSPS) is 19.6. The maximum atomic E-state index is 14.0. The van der Waals surface area contributed by atoms with Gasteiger partial charge in [0.1, 0.15) is 11.3 Å². The number of rotatable bonds is 9. The molecule has 51 heavy (non-hydrogen) atoms. The second-order valence-corrected chi connectivity index (χ2v) is 14.6. The standard InChI is InChI=1S/C37H43F3N8O3/c1-3-29(50)48-20-36(21-48)8-10-46(11-9-36)34-26-18-25(24-5-6-24)31(30-23(2)4-7-28-27(30)19-41-44-28)33(51-22-37(38,39)40)32(26)42-35(43-34)47-14-12-45(13-15-47)16-17-49/h3-4,7,18-19,24,49H,1,5-6,8-17,20-22H2,2H3,(H,41,44). The number of piperazine rings is 1. The fraction of sp³-hybridized carbons (Fsp3) is 0.514. The first kappa shape index (κ1) is 33.7. The van der Waals surface area contributed by atoms with Gasteiger partial charge in [-0.3, -0.25) is 14.8 Å². The summed E-state index contributed by atoms with van der Waals surface area (Å²) in [6.45, 7) is 10.2. The molecule has 0 atom stereocenters. The molecule has 1 spiro atoms. The van der Waals surface area contributed by atoms with Gasteiger partial charge in [-0.15, -0.1) is 0 Å². The molecule has 2 N–H and O–H groups in total. The highest BCUT2D eigenvalue weighted by atomic mass is 19.4. The lowest BCUT2D eigenvalue weighted by Gasteiger charge is -2.54. The van der Waals surface area contributed by atoms with E-state index in [4.69, 9.17) is 14.7 Å². The van der Waals surface area contributed by atoms with Crippen LogP contribution in [0.15, 0.2) is 37.1 Å². The number of nitrogens with zero attached hydrogens (tertiary/aromatic N) is 7. The largest absolute Gasteiger partial charge is 0.481 e. The number of aromatic nitrogens is 4. The lowest BCUT2D eigenvalue weighted by atomic mass is 9.72. The molecule has 270 valence electrons. The Hall–Kier alpha value is -4.43. The Morgan fingerprint density at radius 3 is 2.47 bits per heavy atom. The maximum Gasteiger partial charge on any atom is 0.422 e. The van der Waals surface area contributed by atoms with E-state index in [1.807, 2.05) is 24.0 Å². The highest BCUT2D eigenvalue weighted by molar-refractivity contribution is 6.06. The van der Waals surface area contributed by atoms with Gasteiger partial charge in [-0.25, -0.2) is 4.98 Å². The molecule has 8 rings (SSSR count). The number of fused-ring (bicyclic) bond motifs is 2. The van der Waals surface area contributed by atoms with Crippen LogP contribution in [0.4, 0.5) is 24.9 Å². The fourth-order valence-corrected chi connectivity index (χ4v) is 8.21. The Labute approximate surface area is 294 Å². The molecular weight excluding hydrogens is 661 g/mol. The predicted octanol–water partition coefficient (Wildman–Crippen LogP) is 5.03. The van der Waals surface area contributed by atoms with Crippen LogP contribution in [0, 0.1) is 12.3 Å². The molecular formula is C37H43F3N8O3. The highest BCUT2D eigenvalue weighted by Crippen LogP contribution is 2.53. The molecule has 11 nitrogen and oxygen atoms in total. The molecule has 2 aromatic carbocycles. The third kappa shape index (κ3) is 6.37. The molecule has 0 radical (unpaired) electrons. The van der Waals surface area contributed by atoms with Gasteiger partial charge in [0.25, 0.3) is 0 Å². The Bertz CT molecular complexity index is 1970. The fourth-order valence-electron chi connectivity index (χ4n) is 8.21. The number of amides is 1. The summed E-state index contributed by atoms with van der Waals surface area (Å²) in [6.07, 6.45) is 2.10. The van der Waals surface area contributed by atoms with Crippen molar-refractivity contribution in [3.05, 3.63) is 48.2 Å². The molecule has 4 fully saturated rings. The summed E-state index contributed by atoms with van der Waals surface area (Å²) in [7, 11) is 0. The van der Waals surface area contributed by atoms with Crippen LogP contribution < -0.4 is 14.5 Å². The van der Waals surface area contributed by atoms with Gasteiger partial charge in [0.2, 0.25) is 11.9 Å². The quantitative estimate of drug-likeness (QED) is 0.232. The second kappa shape index (κ2) is 13.0. The molecule has 0 unspecified atom stereocenters. The van der Waals surface area contributed by atoms with Crippen LogP contribution in [0.3, 0.4) is 0 Å². The Morgan fingerprint density at radius 1 is 1.06 bits per heavy atom. The second-order valence-electron chi connectivity index (χ2n) is 14.6. The number of nitrogens with one attached hydrogen (secondary N) is 1. The lowest BCUT2D eigenvalue weighted by Crippen LogP contribution is -2.61. The Morgan fingerprint density at radius 2 is 1.80 bits per heavy atom. The van der Waals surface area contributed by atoms with Crippen molar-refractivity contribution < 1.29 is 27.8 Å². The molecule has 3 aliphatic heterocycles.